The number of carbonyl (C=O) groups is 1. The maximum Gasteiger partial charge on any atom is 0.242 e. The van der Waals surface area contributed by atoms with Crippen molar-refractivity contribution in [1.82, 2.24) is 9.62 Å². The molecule has 0 radical (unpaired) electrons. The first-order valence-corrected chi connectivity index (χ1v) is 9.43. The number of hydrogen-bond donors (Lipinski definition) is 2. The molecular weight excluding hydrogens is 328 g/mol. The maximum absolute atomic E-state index is 12.3. The fraction of sp³-hybridized carbons (Fsp3) is 0.562. The number of amides is 1. The average Bonchev–Trinajstić information content (AvgIpc) is 2.99. The summed E-state index contributed by atoms with van der Waals surface area (Å²) >= 11 is 0. The van der Waals surface area contributed by atoms with Crippen molar-refractivity contribution < 1.29 is 13.2 Å². The second kappa shape index (κ2) is 7.50. The minimum absolute atomic E-state index is 0.114. The summed E-state index contributed by atoms with van der Waals surface area (Å²) in [6.07, 6.45) is 2.46. The molecule has 0 bridgehead atoms. The van der Waals surface area contributed by atoms with Crippen LogP contribution in [0.3, 0.4) is 0 Å². The van der Waals surface area contributed by atoms with Gasteiger partial charge in [0.15, 0.2) is 0 Å². The van der Waals surface area contributed by atoms with E-state index in [4.69, 9.17) is 0 Å². The zero-order chi connectivity index (χ0) is 17.9. The molecule has 2 N–H and O–H groups in total. The SMILES string of the molecule is CN(C)c1ccc(S(=O)(=O)N(C)C)cc1NC(=O)CC1CCCN1. The largest absolute Gasteiger partial charge is 0.376 e. The molecule has 1 aromatic rings. The Morgan fingerprint density at radius 1 is 1.29 bits per heavy atom. The monoisotopic (exact) mass is 354 g/mol. The first-order chi connectivity index (χ1) is 11.2. The summed E-state index contributed by atoms with van der Waals surface area (Å²) in [5.74, 6) is -0.114. The lowest BCUT2D eigenvalue weighted by Gasteiger charge is -2.20. The molecule has 1 atom stereocenters. The van der Waals surface area contributed by atoms with Gasteiger partial charge in [-0.05, 0) is 37.6 Å². The Labute approximate surface area is 144 Å². The molecule has 0 spiro atoms. The van der Waals surface area contributed by atoms with Crippen LogP contribution in [0.25, 0.3) is 0 Å². The van der Waals surface area contributed by atoms with Gasteiger partial charge in [-0.15, -0.1) is 0 Å². The third kappa shape index (κ3) is 4.25. The second-order valence-corrected chi connectivity index (χ2v) is 8.56. The first-order valence-electron chi connectivity index (χ1n) is 7.99. The van der Waals surface area contributed by atoms with Gasteiger partial charge in [0.05, 0.1) is 16.3 Å². The van der Waals surface area contributed by atoms with E-state index in [9.17, 15) is 13.2 Å². The average molecular weight is 354 g/mol. The zero-order valence-electron chi connectivity index (χ0n) is 14.7. The van der Waals surface area contributed by atoms with Crippen molar-refractivity contribution in [3.8, 4) is 0 Å². The molecule has 2 rings (SSSR count). The second-order valence-electron chi connectivity index (χ2n) is 6.41. The third-order valence-electron chi connectivity index (χ3n) is 4.10. The van der Waals surface area contributed by atoms with Crippen LogP contribution in [-0.4, -0.2) is 59.4 Å². The third-order valence-corrected chi connectivity index (χ3v) is 5.91. The van der Waals surface area contributed by atoms with Crippen LogP contribution in [0.4, 0.5) is 11.4 Å². The predicted molar refractivity (Wildman–Crippen MR) is 95.9 cm³/mol. The van der Waals surface area contributed by atoms with E-state index >= 15 is 0 Å². The summed E-state index contributed by atoms with van der Waals surface area (Å²) in [6, 6.07) is 4.98. The van der Waals surface area contributed by atoms with Gasteiger partial charge in [0, 0.05) is 40.7 Å². The van der Waals surface area contributed by atoms with E-state index in [1.807, 2.05) is 19.0 Å². The predicted octanol–water partition coefficient (Wildman–Crippen LogP) is 1.08. The summed E-state index contributed by atoms with van der Waals surface area (Å²) in [4.78, 5) is 14.3. The van der Waals surface area contributed by atoms with Gasteiger partial charge in [0.25, 0.3) is 0 Å². The van der Waals surface area contributed by atoms with Gasteiger partial charge in [0.2, 0.25) is 15.9 Å². The van der Waals surface area contributed by atoms with Crippen LogP contribution in [0.5, 0.6) is 0 Å². The molecule has 1 aliphatic rings. The molecule has 1 fully saturated rings. The van der Waals surface area contributed by atoms with Crippen molar-refractivity contribution in [1.29, 1.82) is 0 Å². The number of rotatable bonds is 6. The van der Waals surface area contributed by atoms with E-state index in [0.717, 1.165) is 29.4 Å². The number of sulfonamides is 1. The summed E-state index contributed by atoms with van der Waals surface area (Å²) in [5, 5.41) is 6.15. The van der Waals surface area contributed by atoms with Gasteiger partial charge in [-0.25, -0.2) is 12.7 Å². The molecule has 0 saturated carbocycles. The highest BCUT2D eigenvalue weighted by Gasteiger charge is 2.22. The van der Waals surface area contributed by atoms with Crippen LogP contribution < -0.4 is 15.5 Å². The molecule has 1 aromatic carbocycles. The first kappa shape index (κ1) is 18.7. The molecule has 7 nitrogen and oxygen atoms in total. The van der Waals surface area contributed by atoms with Gasteiger partial charge >= 0.3 is 0 Å². The van der Waals surface area contributed by atoms with Crippen molar-refractivity contribution in [3.05, 3.63) is 18.2 Å². The summed E-state index contributed by atoms with van der Waals surface area (Å²) in [7, 11) is 3.12. The van der Waals surface area contributed by atoms with Crippen LogP contribution in [0, 0.1) is 0 Å². The molecule has 0 aromatic heterocycles. The molecule has 1 amide bonds. The van der Waals surface area contributed by atoms with Crippen molar-refractivity contribution in [2.24, 2.45) is 0 Å². The normalized spacial score (nSPS) is 18.0. The van der Waals surface area contributed by atoms with E-state index in [1.165, 1.54) is 20.2 Å². The highest BCUT2D eigenvalue weighted by molar-refractivity contribution is 7.89. The van der Waals surface area contributed by atoms with Crippen LogP contribution in [0.2, 0.25) is 0 Å². The molecule has 1 heterocycles. The van der Waals surface area contributed by atoms with Crippen molar-refractivity contribution >= 4 is 27.3 Å². The van der Waals surface area contributed by atoms with Crippen LogP contribution in [0.15, 0.2) is 23.1 Å². The minimum Gasteiger partial charge on any atom is -0.376 e. The van der Waals surface area contributed by atoms with Crippen LogP contribution in [-0.2, 0) is 14.8 Å². The zero-order valence-corrected chi connectivity index (χ0v) is 15.5. The Hall–Kier alpha value is -1.64. The molecular formula is C16H26N4O3S. The fourth-order valence-corrected chi connectivity index (χ4v) is 3.66. The highest BCUT2D eigenvalue weighted by Crippen LogP contribution is 2.29. The van der Waals surface area contributed by atoms with Gasteiger partial charge in [-0.3, -0.25) is 4.79 Å². The van der Waals surface area contributed by atoms with E-state index in [1.54, 1.807) is 12.1 Å². The van der Waals surface area contributed by atoms with Gasteiger partial charge < -0.3 is 15.5 Å². The highest BCUT2D eigenvalue weighted by atomic mass is 32.2. The topological polar surface area (TPSA) is 81.8 Å². The number of anilines is 2. The van der Waals surface area contributed by atoms with Crippen molar-refractivity contribution in [3.63, 3.8) is 0 Å². The molecule has 8 heteroatoms. The van der Waals surface area contributed by atoms with Gasteiger partial charge in [0.1, 0.15) is 0 Å². The van der Waals surface area contributed by atoms with E-state index < -0.39 is 10.0 Å². The van der Waals surface area contributed by atoms with Crippen molar-refractivity contribution in [2.75, 3.05) is 45.0 Å². The summed E-state index contributed by atoms with van der Waals surface area (Å²) in [5.41, 5.74) is 1.27. The van der Waals surface area contributed by atoms with Gasteiger partial charge in [-0.2, -0.15) is 0 Å². The molecule has 1 aliphatic heterocycles. The van der Waals surface area contributed by atoms with E-state index in [2.05, 4.69) is 10.6 Å². The lowest BCUT2D eigenvalue weighted by atomic mass is 10.1. The molecule has 1 saturated heterocycles. The van der Waals surface area contributed by atoms with Crippen molar-refractivity contribution in [2.45, 2.75) is 30.2 Å². The number of nitrogens with zero attached hydrogens (tertiary/aromatic N) is 2. The van der Waals surface area contributed by atoms with Crippen LogP contribution >= 0.6 is 0 Å². The number of carbonyl (C=O) groups excluding carboxylic acids is 1. The Morgan fingerprint density at radius 3 is 2.54 bits per heavy atom. The molecule has 0 aliphatic carbocycles. The lowest BCUT2D eigenvalue weighted by molar-refractivity contribution is -0.116. The van der Waals surface area contributed by atoms with E-state index in [-0.39, 0.29) is 16.8 Å². The minimum atomic E-state index is -3.55. The Kier molecular flexibility index (Phi) is 5.84. The number of benzene rings is 1. The van der Waals surface area contributed by atoms with Gasteiger partial charge in [-0.1, -0.05) is 0 Å². The molecule has 24 heavy (non-hydrogen) atoms. The number of hydrogen-bond acceptors (Lipinski definition) is 5. The lowest BCUT2D eigenvalue weighted by Crippen LogP contribution is -2.28. The standard InChI is InChI=1S/C16H26N4O3S/c1-19(2)15-8-7-13(24(22,23)20(3)4)11-14(15)18-16(21)10-12-6-5-9-17-12/h7-8,11-12,17H,5-6,9-10H2,1-4H3,(H,18,21). The number of nitrogens with one attached hydrogen (secondary N) is 2. The van der Waals surface area contributed by atoms with Crippen LogP contribution in [0.1, 0.15) is 19.3 Å². The summed E-state index contributed by atoms with van der Waals surface area (Å²) in [6.45, 7) is 0.942. The smallest absolute Gasteiger partial charge is 0.242 e. The Balaban J connectivity index is 2.26. The summed E-state index contributed by atoms with van der Waals surface area (Å²) < 4.78 is 25.8. The fourth-order valence-electron chi connectivity index (χ4n) is 2.73. The Bertz CT molecular complexity index is 695. The quantitative estimate of drug-likeness (QED) is 0.799. The molecule has 134 valence electrons. The molecule has 1 unspecified atom stereocenters. The van der Waals surface area contributed by atoms with E-state index in [0.29, 0.717) is 12.1 Å². The Morgan fingerprint density at radius 2 is 2.00 bits per heavy atom. The maximum atomic E-state index is 12.3.